The molecule has 2 fully saturated rings. The van der Waals surface area contributed by atoms with Gasteiger partial charge < -0.3 is 20.6 Å². The number of nitrogens with one attached hydrogen (secondary N) is 2. The largest absolute Gasteiger partial charge is 0.416 e. The van der Waals surface area contributed by atoms with Crippen molar-refractivity contribution in [3.05, 3.63) is 69.6 Å². The molecule has 1 saturated heterocycles. The lowest BCUT2D eigenvalue weighted by Crippen LogP contribution is -2.48. The van der Waals surface area contributed by atoms with Crippen LogP contribution in [0.5, 0.6) is 0 Å². The Hall–Kier alpha value is -4.84. The van der Waals surface area contributed by atoms with Crippen LogP contribution in [0.4, 0.5) is 23.5 Å². The van der Waals surface area contributed by atoms with Crippen molar-refractivity contribution in [3.8, 4) is 17.1 Å². The second kappa shape index (κ2) is 12.2. The fourth-order valence-electron chi connectivity index (χ4n) is 4.81. The van der Waals surface area contributed by atoms with Gasteiger partial charge in [0, 0.05) is 36.3 Å². The summed E-state index contributed by atoms with van der Waals surface area (Å²) in [6.07, 6.45) is -7.49. The molecule has 4 aromatic rings. The van der Waals surface area contributed by atoms with Crippen molar-refractivity contribution in [2.24, 2.45) is 0 Å². The highest BCUT2D eigenvalue weighted by atomic mass is 35.5. The van der Waals surface area contributed by atoms with Gasteiger partial charge in [-0.1, -0.05) is 11.6 Å². The molecule has 2 aliphatic rings. The van der Waals surface area contributed by atoms with Crippen molar-refractivity contribution >= 4 is 29.4 Å². The van der Waals surface area contributed by atoms with E-state index in [0.29, 0.717) is 16.1 Å². The first-order valence-electron chi connectivity index (χ1n) is 14.0. The molecule has 242 valence electrons. The predicted molar refractivity (Wildman–Crippen MR) is 153 cm³/mol. The summed E-state index contributed by atoms with van der Waals surface area (Å²) in [5, 5.41) is 24.1. The molecular weight excluding hydrogens is 640 g/mol. The molecule has 3 unspecified atom stereocenters. The van der Waals surface area contributed by atoms with Crippen molar-refractivity contribution in [2.75, 3.05) is 24.5 Å². The van der Waals surface area contributed by atoms with Crippen molar-refractivity contribution in [1.82, 2.24) is 44.7 Å². The van der Waals surface area contributed by atoms with Gasteiger partial charge in [-0.25, -0.2) is 18.9 Å². The van der Waals surface area contributed by atoms with E-state index >= 15 is 0 Å². The van der Waals surface area contributed by atoms with Crippen LogP contribution in [0.2, 0.25) is 5.02 Å². The molecule has 3 aromatic heterocycles. The molecule has 19 heteroatoms. The standard InChI is InChI=1S/C27H25ClF4N10O4/c28-15-5-3-14(4-6-15)23-38-41(26(46)40(23)11-19(43)27(30,31)32)12-20-36-25(39-9-8-33-21(44)13-39)42(37-20)18-2-1-7-34-22(18)24(45)35-17-10-16(17)29/h1-7,16-17,19,43H,8-13H2,(H,33,44)(H,35,45). The van der Waals surface area contributed by atoms with Crippen LogP contribution in [0.25, 0.3) is 17.1 Å². The molecule has 1 saturated carbocycles. The Morgan fingerprint density at radius 1 is 1.17 bits per heavy atom. The van der Waals surface area contributed by atoms with Crippen molar-refractivity contribution < 1.29 is 32.3 Å². The normalized spacial score (nSPS) is 18.7. The smallest absolute Gasteiger partial charge is 0.382 e. The highest BCUT2D eigenvalue weighted by Crippen LogP contribution is 2.27. The van der Waals surface area contributed by atoms with E-state index in [1.807, 2.05) is 0 Å². The van der Waals surface area contributed by atoms with Gasteiger partial charge in [-0.3, -0.25) is 14.2 Å². The number of hydrogen-bond acceptors (Lipinski definition) is 9. The van der Waals surface area contributed by atoms with E-state index in [9.17, 15) is 37.1 Å². The molecule has 3 N–H and O–H groups in total. The topological polar surface area (TPSA) is 165 Å². The highest BCUT2D eigenvalue weighted by Gasteiger charge is 2.40. The van der Waals surface area contributed by atoms with Gasteiger partial charge in [0.1, 0.15) is 12.7 Å². The monoisotopic (exact) mass is 664 g/mol. The minimum atomic E-state index is -5.01. The second-order valence-corrected chi connectivity index (χ2v) is 11.1. The number of aliphatic hydroxyl groups is 1. The summed E-state index contributed by atoms with van der Waals surface area (Å²) in [6, 6.07) is 8.25. The lowest BCUT2D eigenvalue weighted by molar-refractivity contribution is -0.207. The van der Waals surface area contributed by atoms with Crippen LogP contribution < -0.4 is 21.2 Å². The molecule has 0 bridgehead atoms. The summed E-state index contributed by atoms with van der Waals surface area (Å²) in [5.74, 6) is -1.08. The lowest BCUT2D eigenvalue weighted by Gasteiger charge is -2.27. The number of aromatic nitrogens is 7. The Morgan fingerprint density at radius 3 is 2.59 bits per heavy atom. The molecule has 1 aliphatic heterocycles. The average Bonchev–Trinajstić information content (AvgIpc) is 3.41. The van der Waals surface area contributed by atoms with Crippen molar-refractivity contribution in [2.45, 2.75) is 44.0 Å². The third-order valence-corrected chi connectivity index (χ3v) is 7.52. The number of pyridine rings is 1. The Balaban J connectivity index is 1.41. The van der Waals surface area contributed by atoms with Gasteiger partial charge >= 0.3 is 11.9 Å². The van der Waals surface area contributed by atoms with Gasteiger partial charge in [0.25, 0.3) is 5.91 Å². The third-order valence-electron chi connectivity index (χ3n) is 7.26. The Labute approximate surface area is 261 Å². The maximum atomic E-state index is 13.5. The number of piperazine rings is 1. The molecule has 4 heterocycles. The minimum Gasteiger partial charge on any atom is -0.382 e. The zero-order valence-electron chi connectivity index (χ0n) is 23.7. The third kappa shape index (κ3) is 6.43. The zero-order chi connectivity index (χ0) is 32.7. The summed E-state index contributed by atoms with van der Waals surface area (Å²) in [6.45, 7) is -1.11. The Morgan fingerprint density at radius 2 is 1.91 bits per heavy atom. The summed E-state index contributed by atoms with van der Waals surface area (Å²) in [7, 11) is 0. The molecule has 1 aromatic carbocycles. The number of carbonyl (C=O) groups excluding carboxylic acids is 2. The molecule has 3 atom stereocenters. The van der Waals surface area contributed by atoms with Gasteiger partial charge in [-0.05, 0) is 36.4 Å². The van der Waals surface area contributed by atoms with E-state index in [4.69, 9.17) is 11.6 Å². The average molecular weight is 665 g/mol. The van der Waals surface area contributed by atoms with Crippen LogP contribution in [0.3, 0.4) is 0 Å². The number of aliphatic hydroxyl groups excluding tert-OH is 1. The van der Waals surface area contributed by atoms with Crippen LogP contribution in [0.1, 0.15) is 22.7 Å². The van der Waals surface area contributed by atoms with Gasteiger partial charge in [-0.2, -0.15) is 22.8 Å². The molecule has 14 nitrogen and oxygen atoms in total. The number of halogens is 5. The van der Waals surface area contributed by atoms with Crippen molar-refractivity contribution in [3.63, 3.8) is 0 Å². The van der Waals surface area contributed by atoms with E-state index in [-0.39, 0.29) is 60.0 Å². The van der Waals surface area contributed by atoms with E-state index < -0.39 is 49.2 Å². The zero-order valence-corrected chi connectivity index (χ0v) is 24.4. The summed E-state index contributed by atoms with van der Waals surface area (Å²) < 4.78 is 56.2. The van der Waals surface area contributed by atoms with Crippen molar-refractivity contribution in [1.29, 1.82) is 0 Å². The Kier molecular flexibility index (Phi) is 8.24. The van der Waals surface area contributed by atoms with Gasteiger partial charge in [-0.15, -0.1) is 10.2 Å². The maximum absolute atomic E-state index is 13.5. The van der Waals surface area contributed by atoms with Crippen LogP contribution in [0, 0.1) is 0 Å². The number of alkyl halides is 4. The summed E-state index contributed by atoms with van der Waals surface area (Å²) in [5.41, 5.74) is -0.697. The SMILES string of the molecule is O=C1CN(c2nc(Cn3nc(-c4ccc(Cl)cc4)n(CC(O)C(F)(F)F)c3=O)nn2-c2cccnc2C(=O)NC2CC2F)CCN1. The summed E-state index contributed by atoms with van der Waals surface area (Å²) in [4.78, 5) is 48.9. The summed E-state index contributed by atoms with van der Waals surface area (Å²) >= 11 is 5.96. The van der Waals surface area contributed by atoms with Gasteiger partial charge in [0.05, 0.1) is 24.8 Å². The molecule has 0 spiro atoms. The van der Waals surface area contributed by atoms with Crippen LogP contribution in [0.15, 0.2) is 47.4 Å². The number of benzene rings is 1. The molecule has 0 radical (unpaired) electrons. The fourth-order valence-corrected chi connectivity index (χ4v) is 4.94. The highest BCUT2D eigenvalue weighted by molar-refractivity contribution is 6.30. The number of carbonyl (C=O) groups is 2. The number of nitrogens with zero attached hydrogens (tertiary/aromatic N) is 8. The van der Waals surface area contributed by atoms with Crippen LogP contribution in [-0.2, 0) is 17.9 Å². The number of amides is 2. The number of rotatable bonds is 9. The molecular formula is C27H25ClF4N10O4. The number of anilines is 1. The predicted octanol–water partition coefficient (Wildman–Crippen LogP) is 1.09. The Bertz CT molecular complexity index is 1840. The van der Waals surface area contributed by atoms with Crippen LogP contribution >= 0.6 is 11.6 Å². The molecule has 6 rings (SSSR count). The van der Waals surface area contributed by atoms with Crippen LogP contribution in [-0.4, -0.2) is 95.1 Å². The quantitative estimate of drug-likeness (QED) is 0.222. The maximum Gasteiger partial charge on any atom is 0.416 e. The first kappa shape index (κ1) is 31.2. The second-order valence-electron chi connectivity index (χ2n) is 10.7. The van der Waals surface area contributed by atoms with Gasteiger partial charge in [0.2, 0.25) is 11.9 Å². The van der Waals surface area contributed by atoms with E-state index in [2.05, 4.69) is 30.8 Å². The lowest BCUT2D eigenvalue weighted by atomic mass is 10.2. The van der Waals surface area contributed by atoms with E-state index in [1.165, 1.54) is 47.3 Å². The number of hydrogen-bond donors (Lipinski definition) is 3. The molecule has 1 aliphatic carbocycles. The van der Waals surface area contributed by atoms with Gasteiger partial charge in [0.15, 0.2) is 23.4 Å². The first-order chi connectivity index (χ1) is 21.9. The van der Waals surface area contributed by atoms with E-state index in [1.54, 1.807) is 4.90 Å². The molecule has 46 heavy (non-hydrogen) atoms. The van der Waals surface area contributed by atoms with E-state index in [0.717, 1.165) is 4.68 Å². The first-order valence-corrected chi connectivity index (χ1v) is 14.3. The fraction of sp³-hybridized carbons (Fsp3) is 0.370. The minimum absolute atomic E-state index is 0.0482. The molecule has 2 amide bonds.